The molecule has 24 heavy (non-hydrogen) atoms. The average molecular weight is 350 g/mol. The van der Waals surface area contributed by atoms with Crippen molar-refractivity contribution < 1.29 is 13.9 Å². The number of nitrogens with one attached hydrogen (secondary N) is 1. The number of halogens is 1. The van der Waals surface area contributed by atoms with Crippen LogP contribution in [0.3, 0.4) is 0 Å². The number of morpholine rings is 1. The Morgan fingerprint density at radius 2 is 2.33 bits per heavy atom. The summed E-state index contributed by atoms with van der Waals surface area (Å²) in [4.78, 5) is 18.3. The summed E-state index contributed by atoms with van der Waals surface area (Å²) in [5, 5.41) is 3.53. The summed E-state index contributed by atoms with van der Waals surface area (Å²) in [6, 6.07) is 7.30. The average Bonchev–Trinajstić information content (AvgIpc) is 2.98. The molecule has 2 amide bonds. The Balaban J connectivity index is 1.65. The summed E-state index contributed by atoms with van der Waals surface area (Å²) in [5.74, 6) is 1.22. The monoisotopic (exact) mass is 349 g/mol. The Bertz CT molecular complexity index is 719. The first kappa shape index (κ1) is 16.8. The summed E-state index contributed by atoms with van der Waals surface area (Å²) in [7, 11) is 0. The second-order valence-electron chi connectivity index (χ2n) is 5.78. The van der Waals surface area contributed by atoms with Crippen molar-refractivity contribution in [1.82, 2.24) is 15.2 Å². The summed E-state index contributed by atoms with van der Waals surface area (Å²) in [5.41, 5.74) is 0.971. The van der Waals surface area contributed by atoms with Crippen LogP contribution in [0.15, 0.2) is 34.9 Å². The Labute approximate surface area is 145 Å². The maximum Gasteiger partial charge on any atom is 0.318 e. The number of rotatable bonds is 3. The van der Waals surface area contributed by atoms with Gasteiger partial charge in [-0.3, -0.25) is 0 Å². The van der Waals surface area contributed by atoms with Crippen LogP contribution in [0.25, 0.3) is 0 Å². The third kappa shape index (κ3) is 3.71. The molecule has 1 N–H and O–H groups in total. The predicted molar refractivity (Wildman–Crippen MR) is 89.8 cm³/mol. The Morgan fingerprint density at radius 1 is 1.50 bits per heavy atom. The topological polar surface area (TPSA) is 67.6 Å². The second kappa shape index (κ2) is 7.23. The zero-order valence-electron chi connectivity index (χ0n) is 13.7. The van der Waals surface area contributed by atoms with E-state index in [0.717, 1.165) is 5.56 Å². The molecule has 2 atom stereocenters. The summed E-state index contributed by atoms with van der Waals surface area (Å²) in [6.45, 7) is 5.08. The molecule has 0 unspecified atom stereocenters. The Morgan fingerprint density at radius 3 is 3.04 bits per heavy atom. The number of hydrogen-bond acceptors (Lipinski definition) is 4. The number of oxazole rings is 1. The number of carbonyl (C=O) groups excluding carboxylic acids is 1. The molecule has 0 spiro atoms. The number of aryl methyl sites for hydroxylation is 1. The van der Waals surface area contributed by atoms with E-state index in [-0.39, 0.29) is 18.2 Å². The first-order valence-electron chi connectivity index (χ1n) is 7.87. The number of hydrogen-bond donors (Lipinski definition) is 1. The fourth-order valence-electron chi connectivity index (χ4n) is 2.88. The first-order valence-corrected chi connectivity index (χ1v) is 8.25. The zero-order valence-corrected chi connectivity index (χ0v) is 14.4. The van der Waals surface area contributed by atoms with Crippen molar-refractivity contribution in [2.45, 2.75) is 32.5 Å². The SMILES string of the molecule is Cc1ncc(CNC(=O)N2CCO[C@H](c3cccc(Cl)c3)[C@H]2C)o1. The van der Waals surface area contributed by atoms with Gasteiger partial charge in [0.1, 0.15) is 11.9 Å². The van der Waals surface area contributed by atoms with Gasteiger partial charge < -0.3 is 19.4 Å². The van der Waals surface area contributed by atoms with E-state index >= 15 is 0 Å². The van der Waals surface area contributed by atoms with Crippen LogP contribution in [0.1, 0.15) is 30.2 Å². The molecule has 2 heterocycles. The lowest BCUT2D eigenvalue weighted by atomic mass is 10.0. The van der Waals surface area contributed by atoms with Crippen LogP contribution < -0.4 is 5.32 Å². The van der Waals surface area contributed by atoms with Crippen molar-refractivity contribution in [2.24, 2.45) is 0 Å². The van der Waals surface area contributed by atoms with Crippen molar-refractivity contribution in [3.8, 4) is 0 Å². The molecule has 3 rings (SSSR count). The molecular formula is C17H20ClN3O3. The number of urea groups is 1. The van der Waals surface area contributed by atoms with Gasteiger partial charge in [0.25, 0.3) is 0 Å². The second-order valence-corrected chi connectivity index (χ2v) is 6.22. The Kier molecular flexibility index (Phi) is 5.06. The predicted octanol–water partition coefficient (Wildman–Crippen LogP) is 3.31. The van der Waals surface area contributed by atoms with Gasteiger partial charge >= 0.3 is 6.03 Å². The largest absolute Gasteiger partial charge is 0.444 e. The van der Waals surface area contributed by atoms with E-state index in [0.29, 0.717) is 36.4 Å². The molecule has 1 aromatic heterocycles. The fraction of sp³-hybridized carbons (Fsp3) is 0.412. The van der Waals surface area contributed by atoms with Gasteiger partial charge in [0.15, 0.2) is 5.89 Å². The summed E-state index contributed by atoms with van der Waals surface area (Å²) < 4.78 is 11.2. The van der Waals surface area contributed by atoms with Crippen LogP contribution in [0.4, 0.5) is 4.79 Å². The highest BCUT2D eigenvalue weighted by Crippen LogP contribution is 2.29. The molecule has 1 aliphatic rings. The number of ether oxygens (including phenoxy) is 1. The normalized spacial score (nSPS) is 20.9. The molecule has 0 aliphatic carbocycles. The molecular weight excluding hydrogens is 330 g/mol. The zero-order chi connectivity index (χ0) is 17.1. The standard InChI is InChI=1S/C17H20ClN3O3/c1-11-16(13-4-3-5-14(18)8-13)23-7-6-21(11)17(22)20-10-15-9-19-12(2)24-15/h3-5,8-9,11,16H,6-7,10H2,1-2H3,(H,20,22)/t11-,16+/m1/s1. The minimum atomic E-state index is -0.198. The van der Waals surface area contributed by atoms with Crippen LogP contribution in [-0.4, -0.2) is 35.1 Å². The molecule has 2 aromatic rings. The van der Waals surface area contributed by atoms with E-state index in [1.54, 1.807) is 18.0 Å². The quantitative estimate of drug-likeness (QED) is 0.923. The molecule has 0 radical (unpaired) electrons. The van der Waals surface area contributed by atoms with E-state index in [4.69, 9.17) is 20.8 Å². The third-order valence-corrected chi connectivity index (χ3v) is 4.32. The van der Waals surface area contributed by atoms with Gasteiger partial charge in [-0.25, -0.2) is 9.78 Å². The fourth-order valence-corrected chi connectivity index (χ4v) is 3.08. The molecule has 7 heteroatoms. The highest BCUT2D eigenvalue weighted by atomic mass is 35.5. The van der Waals surface area contributed by atoms with E-state index in [2.05, 4.69) is 10.3 Å². The van der Waals surface area contributed by atoms with Crippen LogP contribution >= 0.6 is 11.6 Å². The summed E-state index contributed by atoms with van der Waals surface area (Å²) >= 11 is 6.07. The molecule has 1 saturated heterocycles. The van der Waals surface area contributed by atoms with Crippen molar-refractivity contribution in [3.63, 3.8) is 0 Å². The van der Waals surface area contributed by atoms with Gasteiger partial charge in [0.05, 0.1) is 25.4 Å². The number of carbonyl (C=O) groups is 1. The van der Waals surface area contributed by atoms with Crippen LogP contribution in [0, 0.1) is 6.92 Å². The van der Waals surface area contributed by atoms with Crippen molar-refractivity contribution in [1.29, 1.82) is 0 Å². The molecule has 1 aromatic carbocycles. The lowest BCUT2D eigenvalue weighted by molar-refractivity contribution is -0.0498. The number of benzene rings is 1. The minimum Gasteiger partial charge on any atom is -0.444 e. The molecule has 0 saturated carbocycles. The van der Waals surface area contributed by atoms with Gasteiger partial charge in [0.2, 0.25) is 0 Å². The van der Waals surface area contributed by atoms with Gasteiger partial charge in [-0.2, -0.15) is 0 Å². The third-order valence-electron chi connectivity index (χ3n) is 4.08. The number of aromatic nitrogens is 1. The van der Waals surface area contributed by atoms with Crippen LogP contribution in [0.2, 0.25) is 5.02 Å². The van der Waals surface area contributed by atoms with E-state index in [1.165, 1.54) is 0 Å². The van der Waals surface area contributed by atoms with Gasteiger partial charge in [-0.05, 0) is 24.6 Å². The smallest absolute Gasteiger partial charge is 0.318 e. The van der Waals surface area contributed by atoms with E-state index in [9.17, 15) is 4.79 Å². The molecule has 0 bridgehead atoms. The van der Waals surface area contributed by atoms with E-state index < -0.39 is 0 Å². The highest BCUT2D eigenvalue weighted by molar-refractivity contribution is 6.30. The molecule has 1 fully saturated rings. The van der Waals surface area contributed by atoms with Gasteiger partial charge in [-0.1, -0.05) is 23.7 Å². The molecule has 1 aliphatic heterocycles. The van der Waals surface area contributed by atoms with Crippen molar-refractivity contribution in [2.75, 3.05) is 13.2 Å². The first-order chi connectivity index (χ1) is 11.5. The van der Waals surface area contributed by atoms with E-state index in [1.807, 2.05) is 31.2 Å². The highest BCUT2D eigenvalue weighted by Gasteiger charge is 2.33. The minimum absolute atomic E-state index is 0.103. The maximum absolute atomic E-state index is 12.5. The lowest BCUT2D eigenvalue weighted by Crippen LogP contribution is -2.52. The lowest BCUT2D eigenvalue weighted by Gasteiger charge is -2.39. The van der Waals surface area contributed by atoms with Crippen LogP contribution in [-0.2, 0) is 11.3 Å². The number of amides is 2. The van der Waals surface area contributed by atoms with Crippen LogP contribution in [0.5, 0.6) is 0 Å². The number of nitrogens with zero attached hydrogens (tertiary/aromatic N) is 2. The van der Waals surface area contributed by atoms with Gasteiger partial charge in [0, 0.05) is 18.5 Å². The van der Waals surface area contributed by atoms with Crippen molar-refractivity contribution >= 4 is 17.6 Å². The van der Waals surface area contributed by atoms with Gasteiger partial charge in [-0.15, -0.1) is 0 Å². The maximum atomic E-state index is 12.5. The van der Waals surface area contributed by atoms with Crippen molar-refractivity contribution in [3.05, 3.63) is 52.7 Å². The molecule has 128 valence electrons. The molecule has 6 nitrogen and oxygen atoms in total. The Hall–Kier alpha value is -2.05. The summed E-state index contributed by atoms with van der Waals surface area (Å²) in [6.07, 6.45) is 1.42.